The van der Waals surface area contributed by atoms with Gasteiger partial charge in [-0.15, -0.1) is 0 Å². The molecule has 0 aromatic carbocycles. The van der Waals surface area contributed by atoms with Crippen molar-refractivity contribution in [2.45, 2.75) is 19.3 Å². The average Bonchev–Trinajstić information content (AvgIpc) is 2.07. The van der Waals surface area contributed by atoms with Gasteiger partial charge in [-0.3, -0.25) is 4.18 Å². The summed E-state index contributed by atoms with van der Waals surface area (Å²) in [5.74, 6) is 0. The highest BCUT2D eigenvalue weighted by Gasteiger charge is 1.81. The monoisotopic (exact) mass is 200 g/mol. The number of rotatable bonds is 5. The summed E-state index contributed by atoms with van der Waals surface area (Å²) in [7, 11) is -1.50. The van der Waals surface area contributed by atoms with Gasteiger partial charge in [0, 0.05) is 13.2 Å². The number of thiol groups is 1. The third-order valence-electron chi connectivity index (χ3n) is 0.965. The summed E-state index contributed by atoms with van der Waals surface area (Å²) in [6.45, 7) is 0.500. The van der Waals surface area contributed by atoms with Crippen molar-refractivity contribution in [1.82, 2.24) is 0 Å². The molecule has 76 valence electrons. The molecule has 0 aliphatic carbocycles. The molecule has 0 aliphatic rings. The molecule has 0 saturated carbocycles. The van der Waals surface area contributed by atoms with Gasteiger partial charge in [0.2, 0.25) is 0 Å². The lowest BCUT2D eigenvalue weighted by atomic mass is 10.2. The third kappa shape index (κ3) is 22.5. The molecule has 0 fully saturated rings. The number of aliphatic hydroxyl groups is 2. The van der Waals surface area contributed by atoms with Gasteiger partial charge in [0.1, 0.15) is 0 Å². The van der Waals surface area contributed by atoms with E-state index in [0.717, 1.165) is 26.4 Å². The molecule has 0 unspecified atom stereocenters. The number of hydrogen-bond donors (Lipinski definition) is 3. The predicted molar refractivity (Wildman–Crippen MR) is 45.3 cm³/mol. The van der Waals surface area contributed by atoms with Crippen LogP contribution in [-0.4, -0.2) is 39.0 Å². The second-order valence-corrected chi connectivity index (χ2v) is 2.73. The van der Waals surface area contributed by atoms with E-state index in [4.69, 9.17) is 10.2 Å². The molecule has 12 heavy (non-hydrogen) atoms. The average molecular weight is 200 g/mol. The quantitative estimate of drug-likeness (QED) is 0.404. The SMILES string of the molecule is CO[SH](=O)=O.OCCCCCO. The number of aliphatic hydroxyl groups excluding tert-OH is 2. The van der Waals surface area contributed by atoms with Crippen molar-refractivity contribution < 1.29 is 22.8 Å². The molecule has 0 aromatic rings. The summed E-state index contributed by atoms with van der Waals surface area (Å²) in [6.07, 6.45) is 2.58. The Morgan fingerprint density at radius 3 is 1.58 bits per heavy atom. The maximum Gasteiger partial charge on any atom is 0.256 e. The van der Waals surface area contributed by atoms with Gasteiger partial charge >= 0.3 is 0 Å². The molecule has 5 nitrogen and oxygen atoms in total. The van der Waals surface area contributed by atoms with Crippen LogP contribution in [0, 0.1) is 0 Å². The zero-order chi connectivity index (χ0) is 9.82. The zero-order valence-corrected chi connectivity index (χ0v) is 8.00. The molecule has 0 heterocycles. The minimum absolute atomic E-state index is 0.250. The Morgan fingerprint density at radius 2 is 1.42 bits per heavy atom. The van der Waals surface area contributed by atoms with Gasteiger partial charge in [-0.2, -0.15) is 0 Å². The number of unbranched alkanes of at least 4 members (excludes halogenated alkanes) is 2. The summed E-state index contributed by atoms with van der Waals surface area (Å²) in [5.41, 5.74) is 0. The Labute approximate surface area is 74.1 Å². The van der Waals surface area contributed by atoms with E-state index < -0.39 is 11.0 Å². The highest BCUT2D eigenvalue weighted by Crippen LogP contribution is 1.90. The highest BCUT2D eigenvalue weighted by molar-refractivity contribution is 7.67. The van der Waals surface area contributed by atoms with Gasteiger partial charge in [0.25, 0.3) is 11.0 Å². The van der Waals surface area contributed by atoms with E-state index in [0.29, 0.717) is 0 Å². The van der Waals surface area contributed by atoms with Crippen LogP contribution in [0.3, 0.4) is 0 Å². The first kappa shape index (κ1) is 14.4. The summed E-state index contributed by atoms with van der Waals surface area (Å²) in [6, 6.07) is 0. The molecule has 6 heteroatoms. The van der Waals surface area contributed by atoms with E-state index >= 15 is 0 Å². The smallest absolute Gasteiger partial charge is 0.256 e. The van der Waals surface area contributed by atoms with Crippen molar-refractivity contribution in [3.63, 3.8) is 0 Å². The van der Waals surface area contributed by atoms with E-state index in [1.54, 1.807) is 0 Å². The van der Waals surface area contributed by atoms with Crippen molar-refractivity contribution in [3.8, 4) is 0 Å². The van der Waals surface area contributed by atoms with Gasteiger partial charge < -0.3 is 10.2 Å². The Bertz CT molecular complexity index is 122. The minimum Gasteiger partial charge on any atom is -0.396 e. The standard InChI is InChI=1S/C5H12O2.CH4O3S/c6-4-2-1-3-5-7;1-4-5(2)3/h6-7H,1-5H2;5H,1H3. The van der Waals surface area contributed by atoms with E-state index in [9.17, 15) is 8.42 Å². The van der Waals surface area contributed by atoms with Gasteiger partial charge in [0.05, 0.1) is 7.11 Å². The fraction of sp³-hybridized carbons (Fsp3) is 1.00. The summed E-state index contributed by atoms with van der Waals surface area (Å²) in [4.78, 5) is 0. The molecule has 0 rings (SSSR count). The molecule has 0 spiro atoms. The largest absolute Gasteiger partial charge is 0.396 e. The molecular formula is C6H16O5S. The fourth-order valence-electron chi connectivity index (χ4n) is 0.400. The molecular weight excluding hydrogens is 184 g/mol. The summed E-state index contributed by atoms with van der Waals surface area (Å²) in [5, 5.41) is 16.4. The van der Waals surface area contributed by atoms with Crippen molar-refractivity contribution in [3.05, 3.63) is 0 Å². The van der Waals surface area contributed by atoms with Crippen LogP contribution in [0.15, 0.2) is 0 Å². The van der Waals surface area contributed by atoms with Crippen LogP contribution in [0.4, 0.5) is 0 Å². The normalized spacial score (nSPS) is 9.33. The van der Waals surface area contributed by atoms with E-state index in [-0.39, 0.29) is 13.2 Å². The van der Waals surface area contributed by atoms with E-state index in [1.807, 2.05) is 0 Å². The molecule has 0 atom stereocenters. The van der Waals surface area contributed by atoms with Crippen molar-refractivity contribution in [2.24, 2.45) is 0 Å². The van der Waals surface area contributed by atoms with Gasteiger partial charge in [0.15, 0.2) is 0 Å². The second kappa shape index (κ2) is 13.4. The Balaban J connectivity index is 0. The van der Waals surface area contributed by atoms with Gasteiger partial charge in [-0.1, -0.05) is 0 Å². The van der Waals surface area contributed by atoms with Crippen LogP contribution >= 0.6 is 0 Å². The van der Waals surface area contributed by atoms with Crippen molar-refractivity contribution >= 4 is 11.0 Å². The predicted octanol–water partition coefficient (Wildman–Crippen LogP) is -0.700. The Morgan fingerprint density at radius 1 is 1.08 bits per heavy atom. The number of hydrogen-bond acceptors (Lipinski definition) is 5. The Kier molecular flexibility index (Phi) is 16.1. The van der Waals surface area contributed by atoms with Crippen LogP contribution in [0.25, 0.3) is 0 Å². The van der Waals surface area contributed by atoms with E-state index in [1.165, 1.54) is 0 Å². The first-order chi connectivity index (χ1) is 5.68. The van der Waals surface area contributed by atoms with Gasteiger partial charge in [-0.25, -0.2) is 8.42 Å². The van der Waals surface area contributed by atoms with E-state index in [2.05, 4.69) is 4.18 Å². The zero-order valence-electron chi connectivity index (χ0n) is 7.10. The molecule has 2 N–H and O–H groups in total. The fourth-order valence-corrected chi connectivity index (χ4v) is 0.400. The molecule has 0 bridgehead atoms. The Hall–Kier alpha value is -0.170. The third-order valence-corrected chi connectivity index (χ3v) is 1.26. The highest BCUT2D eigenvalue weighted by atomic mass is 32.2. The molecule has 0 aromatic heterocycles. The molecule has 0 amide bonds. The lowest BCUT2D eigenvalue weighted by Gasteiger charge is -1.90. The molecule has 0 radical (unpaired) electrons. The molecule has 0 aliphatic heterocycles. The van der Waals surface area contributed by atoms with Crippen molar-refractivity contribution in [2.75, 3.05) is 20.3 Å². The maximum absolute atomic E-state index is 9.18. The van der Waals surface area contributed by atoms with Crippen LogP contribution in [0.2, 0.25) is 0 Å². The first-order valence-electron chi connectivity index (χ1n) is 3.59. The first-order valence-corrected chi connectivity index (χ1v) is 4.68. The van der Waals surface area contributed by atoms with Crippen LogP contribution in [0.1, 0.15) is 19.3 Å². The molecule has 0 saturated heterocycles. The summed E-state index contributed by atoms with van der Waals surface area (Å²) >= 11 is 0. The lowest BCUT2D eigenvalue weighted by molar-refractivity contribution is 0.257. The second-order valence-electron chi connectivity index (χ2n) is 1.91. The van der Waals surface area contributed by atoms with Gasteiger partial charge in [-0.05, 0) is 19.3 Å². The maximum atomic E-state index is 9.18. The van der Waals surface area contributed by atoms with Crippen LogP contribution in [0.5, 0.6) is 0 Å². The van der Waals surface area contributed by atoms with Crippen molar-refractivity contribution in [1.29, 1.82) is 0 Å². The topological polar surface area (TPSA) is 83.8 Å². The minimum atomic E-state index is -2.60. The lowest BCUT2D eigenvalue weighted by Crippen LogP contribution is -1.85. The van der Waals surface area contributed by atoms with Crippen LogP contribution < -0.4 is 0 Å². The summed E-state index contributed by atoms with van der Waals surface area (Å²) < 4.78 is 22.1. The van der Waals surface area contributed by atoms with Crippen LogP contribution in [-0.2, 0) is 15.2 Å².